The van der Waals surface area contributed by atoms with E-state index in [-0.39, 0.29) is 18.9 Å². The maximum Gasteiger partial charge on any atom is 0.491 e. The third kappa shape index (κ3) is 4.68. The molecular formula is C18H23F3N2O3. The van der Waals surface area contributed by atoms with Gasteiger partial charge in [-0.2, -0.15) is 13.2 Å². The van der Waals surface area contributed by atoms with E-state index >= 15 is 0 Å². The summed E-state index contributed by atoms with van der Waals surface area (Å²) in [5.74, 6) is -2.35. The predicted molar refractivity (Wildman–Crippen MR) is 89.4 cm³/mol. The lowest BCUT2D eigenvalue weighted by atomic mass is 9.88. The number of hydrogen-bond donors (Lipinski definition) is 0. The average molecular weight is 372 g/mol. The highest BCUT2D eigenvalue weighted by molar-refractivity contribution is 5.77. The Kier molecular flexibility index (Phi) is 6.50. The fourth-order valence-electron chi connectivity index (χ4n) is 3.15. The van der Waals surface area contributed by atoms with Crippen LogP contribution in [0, 0.1) is 0 Å². The largest absolute Gasteiger partial charge is 0.491 e. The topological polar surface area (TPSA) is 49.9 Å². The van der Waals surface area contributed by atoms with Crippen molar-refractivity contribution in [3.05, 3.63) is 35.9 Å². The van der Waals surface area contributed by atoms with Crippen LogP contribution in [0.4, 0.5) is 18.0 Å². The highest BCUT2D eigenvalue weighted by atomic mass is 19.4. The number of carbonyl (C=O) groups excluding carboxylic acids is 2. The zero-order chi connectivity index (χ0) is 19.3. The molecule has 2 rings (SSSR count). The number of rotatable bonds is 4. The van der Waals surface area contributed by atoms with Crippen LogP contribution in [0.2, 0.25) is 0 Å². The number of carbonyl (C=O) groups is 2. The van der Waals surface area contributed by atoms with E-state index < -0.39 is 24.4 Å². The molecule has 1 heterocycles. The van der Waals surface area contributed by atoms with Gasteiger partial charge in [0.2, 0.25) is 0 Å². The van der Waals surface area contributed by atoms with Gasteiger partial charge in [0, 0.05) is 26.1 Å². The fourth-order valence-corrected chi connectivity index (χ4v) is 3.15. The molecule has 144 valence electrons. The van der Waals surface area contributed by atoms with Crippen LogP contribution in [-0.2, 0) is 9.53 Å². The van der Waals surface area contributed by atoms with Crippen molar-refractivity contribution in [1.82, 2.24) is 9.80 Å². The zero-order valence-electron chi connectivity index (χ0n) is 14.8. The zero-order valence-corrected chi connectivity index (χ0v) is 14.8. The number of hydrogen-bond acceptors (Lipinski definition) is 3. The van der Waals surface area contributed by atoms with Crippen LogP contribution in [-0.4, -0.2) is 53.8 Å². The van der Waals surface area contributed by atoms with E-state index in [1.165, 1.54) is 9.80 Å². The summed E-state index contributed by atoms with van der Waals surface area (Å²) in [5.41, 5.74) is 0.954. The lowest BCUT2D eigenvalue weighted by Gasteiger charge is -2.40. The van der Waals surface area contributed by atoms with Gasteiger partial charge >= 0.3 is 18.2 Å². The molecular weight excluding hydrogens is 349 g/mol. The molecule has 0 radical (unpaired) electrons. The van der Waals surface area contributed by atoms with Crippen LogP contribution in [0.25, 0.3) is 0 Å². The van der Waals surface area contributed by atoms with E-state index in [1.807, 2.05) is 30.3 Å². The quantitative estimate of drug-likeness (QED) is 0.756. The van der Waals surface area contributed by atoms with Gasteiger partial charge in [-0.15, -0.1) is 0 Å². The summed E-state index contributed by atoms with van der Waals surface area (Å²) >= 11 is 0. The lowest BCUT2D eigenvalue weighted by molar-refractivity contribution is -0.213. The minimum absolute atomic E-state index is 0.0806. The Morgan fingerprint density at radius 2 is 1.81 bits per heavy atom. The van der Waals surface area contributed by atoms with Crippen molar-refractivity contribution < 1.29 is 27.5 Å². The second-order valence-corrected chi connectivity index (χ2v) is 6.14. The van der Waals surface area contributed by atoms with Crippen LogP contribution in [0.5, 0.6) is 0 Å². The Hall–Kier alpha value is -2.25. The summed E-state index contributed by atoms with van der Waals surface area (Å²) in [4.78, 5) is 26.7. The molecule has 1 saturated heterocycles. The van der Waals surface area contributed by atoms with Gasteiger partial charge in [-0.05, 0) is 31.7 Å². The van der Waals surface area contributed by atoms with Crippen molar-refractivity contribution in [2.75, 3.05) is 19.6 Å². The number of benzene rings is 1. The molecule has 1 aromatic carbocycles. The summed E-state index contributed by atoms with van der Waals surface area (Å²) < 4.78 is 42.7. The molecule has 0 aliphatic carbocycles. The number of nitrogens with zero attached hydrogens (tertiary/aromatic N) is 2. The van der Waals surface area contributed by atoms with Crippen LogP contribution < -0.4 is 0 Å². The van der Waals surface area contributed by atoms with Gasteiger partial charge in [-0.1, -0.05) is 30.3 Å². The monoisotopic (exact) mass is 372 g/mol. The standard InChI is InChI=1S/C18H23F3N2O3/c1-3-22(4-2)17(25)23-11-10-14(13-8-6-5-7-9-13)12-15(23)26-16(24)18(19,20)21/h5-9,14-15H,3-4,10-12H2,1-2H3. The molecule has 0 saturated carbocycles. The molecule has 1 aliphatic rings. The van der Waals surface area contributed by atoms with Crippen molar-refractivity contribution in [1.29, 1.82) is 0 Å². The van der Waals surface area contributed by atoms with Gasteiger partial charge in [-0.25, -0.2) is 9.59 Å². The number of piperidine rings is 1. The summed E-state index contributed by atoms with van der Waals surface area (Å²) in [7, 11) is 0. The Bertz CT molecular complexity index is 618. The van der Waals surface area contributed by atoms with E-state index in [0.29, 0.717) is 19.5 Å². The lowest BCUT2D eigenvalue weighted by Crippen LogP contribution is -2.53. The van der Waals surface area contributed by atoms with E-state index in [4.69, 9.17) is 4.74 Å². The van der Waals surface area contributed by atoms with E-state index in [1.54, 1.807) is 13.8 Å². The van der Waals surface area contributed by atoms with Gasteiger partial charge in [0.15, 0.2) is 6.23 Å². The van der Waals surface area contributed by atoms with E-state index in [0.717, 1.165) is 5.56 Å². The molecule has 5 nitrogen and oxygen atoms in total. The average Bonchev–Trinajstić information content (AvgIpc) is 2.62. The molecule has 26 heavy (non-hydrogen) atoms. The van der Waals surface area contributed by atoms with Crippen molar-refractivity contribution in [3.63, 3.8) is 0 Å². The first kappa shape index (κ1) is 20.1. The van der Waals surface area contributed by atoms with Crippen LogP contribution in [0.3, 0.4) is 0 Å². The van der Waals surface area contributed by atoms with E-state index in [9.17, 15) is 22.8 Å². The molecule has 8 heteroatoms. The number of halogens is 3. The van der Waals surface area contributed by atoms with Crippen LogP contribution >= 0.6 is 0 Å². The number of esters is 1. The van der Waals surface area contributed by atoms with Gasteiger partial charge in [0.1, 0.15) is 0 Å². The summed E-state index contributed by atoms with van der Waals surface area (Å²) in [5, 5.41) is 0. The van der Waals surface area contributed by atoms with Crippen LogP contribution in [0.15, 0.2) is 30.3 Å². The highest BCUT2D eigenvalue weighted by Crippen LogP contribution is 2.33. The Morgan fingerprint density at radius 3 is 2.35 bits per heavy atom. The number of alkyl halides is 3. The summed E-state index contributed by atoms with van der Waals surface area (Å²) in [6.07, 6.45) is -5.60. The first-order valence-electron chi connectivity index (χ1n) is 8.66. The third-order valence-electron chi connectivity index (χ3n) is 4.58. The Morgan fingerprint density at radius 1 is 1.19 bits per heavy atom. The van der Waals surface area contributed by atoms with Gasteiger partial charge in [0.05, 0.1) is 0 Å². The fraction of sp³-hybridized carbons (Fsp3) is 0.556. The minimum atomic E-state index is -5.09. The van der Waals surface area contributed by atoms with Gasteiger partial charge in [0.25, 0.3) is 0 Å². The smallest absolute Gasteiger partial charge is 0.435 e. The maximum atomic E-state index is 12.7. The number of ether oxygens (including phenoxy) is 1. The molecule has 0 spiro atoms. The molecule has 0 aromatic heterocycles. The summed E-state index contributed by atoms with van der Waals surface area (Å²) in [6.45, 7) is 4.65. The minimum Gasteiger partial charge on any atom is -0.435 e. The van der Waals surface area contributed by atoms with Crippen LogP contribution in [0.1, 0.15) is 38.2 Å². The third-order valence-corrected chi connectivity index (χ3v) is 4.58. The van der Waals surface area contributed by atoms with E-state index in [2.05, 4.69) is 0 Å². The molecule has 2 unspecified atom stereocenters. The Balaban J connectivity index is 2.21. The predicted octanol–water partition coefficient (Wildman–Crippen LogP) is 3.76. The molecule has 0 bridgehead atoms. The molecule has 2 atom stereocenters. The van der Waals surface area contributed by atoms with Crippen molar-refractivity contribution >= 4 is 12.0 Å². The summed E-state index contributed by atoms with van der Waals surface area (Å²) in [6, 6.07) is 8.90. The maximum absolute atomic E-state index is 12.7. The molecule has 1 fully saturated rings. The second kappa shape index (κ2) is 8.42. The van der Waals surface area contributed by atoms with Crippen molar-refractivity contribution in [2.45, 2.75) is 45.0 Å². The van der Waals surface area contributed by atoms with Crippen molar-refractivity contribution in [2.24, 2.45) is 0 Å². The first-order valence-corrected chi connectivity index (χ1v) is 8.66. The van der Waals surface area contributed by atoms with Gasteiger partial charge in [-0.3, -0.25) is 4.90 Å². The number of amides is 2. The SMILES string of the molecule is CCN(CC)C(=O)N1CCC(c2ccccc2)CC1OC(=O)C(F)(F)F. The second-order valence-electron chi connectivity index (χ2n) is 6.14. The normalized spacial score (nSPS) is 20.6. The first-order chi connectivity index (χ1) is 12.3. The van der Waals surface area contributed by atoms with Gasteiger partial charge < -0.3 is 9.64 Å². The highest BCUT2D eigenvalue weighted by Gasteiger charge is 2.45. The molecule has 0 N–H and O–H groups in total. The molecule has 1 aromatic rings. The molecule has 2 amide bonds. The number of urea groups is 1. The Labute approximate surface area is 150 Å². The van der Waals surface area contributed by atoms with Crippen molar-refractivity contribution in [3.8, 4) is 0 Å². The number of likely N-dealkylation sites (tertiary alicyclic amines) is 1. The molecule has 1 aliphatic heterocycles.